The number of hydrogen-bond acceptors (Lipinski definition) is 1. The Morgan fingerprint density at radius 3 is 2.50 bits per heavy atom. The molecule has 0 fully saturated rings. The molecule has 0 heterocycles. The summed E-state index contributed by atoms with van der Waals surface area (Å²) in [5.74, 6) is 0.238. The van der Waals surface area contributed by atoms with Gasteiger partial charge in [0.2, 0.25) is 5.91 Å². The molecule has 88 valence electrons. The van der Waals surface area contributed by atoms with Crippen LogP contribution in [0.15, 0.2) is 24.3 Å². The number of alkyl halides is 1. The predicted octanol–water partition coefficient (Wildman–Crippen LogP) is 3.96. The van der Waals surface area contributed by atoms with Gasteiger partial charge in [0.15, 0.2) is 0 Å². The van der Waals surface area contributed by atoms with E-state index in [0.717, 1.165) is 29.4 Å². The molecule has 0 saturated heterocycles. The molecule has 0 radical (unpaired) electrons. The summed E-state index contributed by atoms with van der Waals surface area (Å²) in [6.45, 7) is 4.09. The Labute approximate surface area is 106 Å². The number of nitrogens with one attached hydrogen (secondary N) is 1. The van der Waals surface area contributed by atoms with Crippen LogP contribution in [0.5, 0.6) is 0 Å². The molecule has 0 spiro atoms. The standard InChI is InChI=1S/C13H18BrNO/c1-3-10(4-2)13(16)15-12-8-6-5-7-11(12)9-14/h5-8,10H,3-4,9H2,1-2H3,(H,15,16). The Balaban J connectivity index is 2.76. The third kappa shape index (κ3) is 3.34. The van der Waals surface area contributed by atoms with Gasteiger partial charge in [-0.3, -0.25) is 4.79 Å². The van der Waals surface area contributed by atoms with E-state index in [0.29, 0.717) is 0 Å². The maximum atomic E-state index is 11.9. The largest absolute Gasteiger partial charge is 0.326 e. The van der Waals surface area contributed by atoms with Crippen molar-refractivity contribution in [2.45, 2.75) is 32.0 Å². The molecule has 0 saturated carbocycles. The zero-order valence-corrected chi connectivity index (χ0v) is 11.4. The Hall–Kier alpha value is -0.830. The second-order valence-electron chi connectivity index (χ2n) is 3.79. The number of para-hydroxylation sites is 1. The lowest BCUT2D eigenvalue weighted by atomic mass is 10.0. The minimum Gasteiger partial charge on any atom is -0.326 e. The number of rotatable bonds is 5. The van der Waals surface area contributed by atoms with Crippen molar-refractivity contribution in [3.8, 4) is 0 Å². The van der Waals surface area contributed by atoms with Gasteiger partial charge in [0, 0.05) is 16.9 Å². The Bertz CT molecular complexity index is 348. The smallest absolute Gasteiger partial charge is 0.227 e. The maximum Gasteiger partial charge on any atom is 0.227 e. The van der Waals surface area contributed by atoms with Gasteiger partial charge in [-0.2, -0.15) is 0 Å². The molecule has 0 bridgehead atoms. The molecule has 1 N–H and O–H groups in total. The fraction of sp³-hybridized carbons (Fsp3) is 0.462. The molecule has 0 aliphatic rings. The van der Waals surface area contributed by atoms with Crippen molar-refractivity contribution in [3.05, 3.63) is 29.8 Å². The second kappa shape index (κ2) is 6.69. The first kappa shape index (κ1) is 13.2. The maximum absolute atomic E-state index is 11.9. The molecule has 3 heteroatoms. The van der Waals surface area contributed by atoms with Crippen molar-refractivity contribution >= 4 is 27.5 Å². The normalized spacial score (nSPS) is 10.5. The highest BCUT2D eigenvalue weighted by Gasteiger charge is 2.14. The van der Waals surface area contributed by atoms with Gasteiger partial charge in [-0.1, -0.05) is 48.0 Å². The third-order valence-electron chi connectivity index (χ3n) is 2.78. The summed E-state index contributed by atoms with van der Waals surface area (Å²) in [7, 11) is 0. The van der Waals surface area contributed by atoms with Crippen molar-refractivity contribution in [2.24, 2.45) is 5.92 Å². The molecule has 0 atom stereocenters. The van der Waals surface area contributed by atoms with Crippen LogP contribution >= 0.6 is 15.9 Å². The second-order valence-corrected chi connectivity index (χ2v) is 4.35. The zero-order valence-electron chi connectivity index (χ0n) is 9.79. The van der Waals surface area contributed by atoms with Crippen molar-refractivity contribution in [3.63, 3.8) is 0 Å². The van der Waals surface area contributed by atoms with Crippen LogP contribution in [0, 0.1) is 5.92 Å². The number of benzene rings is 1. The van der Waals surface area contributed by atoms with E-state index in [-0.39, 0.29) is 11.8 Å². The average Bonchev–Trinajstić information content (AvgIpc) is 2.31. The predicted molar refractivity (Wildman–Crippen MR) is 71.8 cm³/mol. The summed E-state index contributed by atoms with van der Waals surface area (Å²) in [4.78, 5) is 11.9. The number of halogens is 1. The lowest BCUT2D eigenvalue weighted by Crippen LogP contribution is -2.22. The van der Waals surface area contributed by atoms with Crippen LogP contribution in [0.1, 0.15) is 32.3 Å². The number of amides is 1. The van der Waals surface area contributed by atoms with Gasteiger partial charge >= 0.3 is 0 Å². The van der Waals surface area contributed by atoms with E-state index in [2.05, 4.69) is 21.2 Å². The monoisotopic (exact) mass is 283 g/mol. The molecule has 2 nitrogen and oxygen atoms in total. The van der Waals surface area contributed by atoms with Crippen LogP contribution in [-0.2, 0) is 10.1 Å². The molecule has 0 aliphatic heterocycles. The summed E-state index contributed by atoms with van der Waals surface area (Å²) < 4.78 is 0. The van der Waals surface area contributed by atoms with Crippen LogP contribution in [0.3, 0.4) is 0 Å². The van der Waals surface area contributed by atoms with Crippen LogP contribution in [0.25, 0.3) is 0 Å². The quantitative estimate of drug-likeness (QED) is 0.815. The van der Waals surface area contributed by atoms with Crippen LogP contribution in [0.2, 0.25) is 0 Å². The number of carbonyl (C=O) groups is 1. The van der Waals surface area contributed by atoms with E-state index in [9.17, 15) is 4.79 Å². The van der Waals surface area contributed by atoms with E-state index < -0.39 is 0 Å². The van der Waals surface area contributed by atoms with Gasteiger partial charge < -0.3 is 5.32 Å². The van der Waals surface area contributed by atoms with Crippen LogP contribution in [-0.4, -0.2) is 5.91 Å². The highest BCUT2D eigenvalue weighted by molar-refractivity contribution is 9.08. The van der Waals surface area contributed by atoms with Crippen LogP contribution in [0.4, 0.5) is 5.69 Å². The van der Waals surface area contributed by atoms with Gasteiger partial charge in [-0.15, -0.1) is 0 Å². The SMILES string of the molecule is CCC(CC)C(=O)Nc1ccccc1CBr. The topological polar surface area (TPSA) is 29.1 Å². The molecular formula is C13H18BrNO. The fourth-order valence-corrected chi connectivity index (χ4v) is 2.14. The molecule has 0 aromatic heterocycles. The minimum atomic E-state index is 0.114. The summed E-state index contributed by atoms with van der Waals surface area (Å²) in [6, 6.07) is 7.87. The van der Waals surface area contributed by atoms with Crippen molar-refractivity contribution in [2.75, 3.05) is 5.32 Å². The molecule has 1 amide bonds. The molecule has 0 aliphatic carbocycles. The van der Waals surface area contributed by atoms with Gasteiger partial charge in [0.05, 0.1) is 0 Å². The highest BCUT2D eigenvalue weighted by Crippen LogP contribution is 2.19. The molecule has 1 aromatic carbocycles. The minimum absolute atomic E-state index is 0.114. The zero-order chi connectivity index (χ0) is 12.0. The summed E-state index contributed by atoms with van der Waals surface area (Å²) in [5.41, 5.74) is 2.03. The average molecular weight is 284 g/mol. The van der Waals surface area contributed by atoms with E-state index in [1.54, 1.807) is 0 Å². The van der Waals surface area contributed by atoms with E-state index in [4.69, 9.17) is 0 Å². The first-order valence-electron chi connectivity index (χ1n) is 5.67. The molecule has 1 rings (SSSR count). The van der Waals surface area contributed by atoms with E-state index in [1.165, 1.54) is 0 Å². The lowest BCUT2D eigenvalue weighted by molar-refractivity contribution is -0.120. The van der Waals surface area contributed by atoms with Crippen molar-refractivity contribution < 1.29 is 4.79 Å². The van der Waals surface area contributed by atoms with E-state index >= 15 is 0 Å². The van der Waals surface area contributed by atoms with Gasteiger partial charge in [-0.05, 0) is 24.5 Å². The summed E-state index contributed by atoms with van der Waals surface area (Å²) >= 11 is 3.42. The number of anilines is 1. The molecule has 16 heavy (non-hydrogen) atoms. The van der Waals surface area contributed by atoms with E-state index in [1.807, 2.05) is 38.1 Å². The molecule has 1 aromatic rings. The molecular weight excluding hydrogens is 266 g/mol. The fourth-order valence-electron chi connectivity index (χ4n) is 1.65. The summed E-state index contributed by atoms with van der Waals surface area (Å²) in [6.07, 6.45) is 1.78. The van der Waals surface area contributed by atoms with Crippen LogP contribution < -0.4 is 5.32 Å². The highest BCUT2D eigenvalue weighted by atomic mass is 79.9. The summed E-state index contributed by atoms with van der Waals surface area (Å²) in [5, 5.41) is 3.75. The molecule has 0 unspecified atom stereocenters. The number of hydrogen-bond donors (Lipinski definition) is 1. The first-order chi connectivity index (χ1) is 7.72. The number of carbonyl (C=O) groups excluding carboxylic acids is 1. The third-order valence-corrected chi connectivity index (χ3v) is 3.38. The Morgan fingerprint density at radius 2 is 1.94 bits per heavy atom. The van der Waals surface area contributed by atoms with Gasteiger partial charge in [-0.25, -0.2) is 0 Å². The van der Waals surface area contributed by atoms with Crippen molar-refractivity contribution in [1.82, 2.24) is 0 Å². The lowest BCUT2D eigenvalue weighted by Gasteiger charge is -2.14. The Kier molecular flexibility index (Phi) is 5.53. The van der Waals surface area contributed by atoms with Gasteiger partial charge in [0.25, 0.3) is 0 Å². The Morgan fingerprint density at radius 1 is 1.31 bits per heavy atom. The first-order valence-corrected chi connectivity index (χ1v) is 6.79. The van der Waals surface area contributed by atoms with Crippen molar-refractivity contribution in [1.29, 1.82) is 0 Å². The van der Waals surface area contributed by atoms with Gasteiger partial charge in [0.1, 0.15) is 0 Å².